The molecule has 76 valence electrons. The van der Waals surface area contributed by atoms with Crippen molar-refractivity contribution in [2.75, 3.05) is 0 Å². The van der Waals surface area contributed by atoms with Crippen molar-refractivity contribution < 1.29 is 34.0 Å². The summed E-state index contributed by atoms with van der Waals surface area (Å²) in [6, 6.07) is 4.84. The van der Waals surface area contributed by atoms with E-state index in [1.807, 2.05) is 0 Å². The Bertz CT molecular complexity index is 413. The summed E-state index contributed by atoms with van der Waals surface area (Å²) in [6.07, 6.45) is 1.17. The molecule has 0 aromatic carbocycles. The molecular formula is C7H7CrNO5. The van der Waals surface area contributed by atoms with Gasteiger partial charge in [-0.15, -0.1) is 0 Å². The van der Waals surface area contributed by atoms with Gasteiger partial charge in [-0.1, -0.05) is 0 Å². The first-order chi connectivity index (χ1) is 6.47. The fraction of sp³-hybridized carbons (Fsp3) is 0.143. The molecular weight excluding hydrogens is 230 g/mol. The molecule has 0 radical (unpaired) electrons. The van der Waals surface area contributed by atoms with Crippen LogP contribution in [-0.4, -0.2) is 15.1 Å². The van der Waals surface area contributed by atoms with Crippen molar-refractivity contribution in [2.24, 2.45) is 0 Å². The number of carbonyl (C=O) groups excluding carboxylic acids is 1. The molecule has 0 fully saturated rings. The predicted octanol–water partition coefficient (Wildman–Crippen LogP) is -0.166. The first kappa shape index (κ1) is 10.8. The summed E-state index contributed by atoms with van der Waals surface area (Å²) in [5.74, 6) is -1.05. The Morgan fingerprint density at radius 3 is 2.71 bits per heavy atom. The first-order valence-corrected chi connectivity index (χ1v) is 5.70. The molecule has 0 unspecified atom stereocenters. The van der Waals surface area contributed by atoms with E-state index >= 15 is 0 Å². The van der Waals surface area contributed by atoms with Crippen molar-refractivity contribution in [1.29, 1.82) is 0 Å². The van der Waals surface area contributed by atoms with E-state index in [0.717, 1.165) is 0 Å². The average Bonchev–Trinajstić information content (AvgIpc) is 2.02. The number of aromatic nitrogens is 1. The molecule has 0 spiro atoms. The summed E-state index contributed by atoms with van der Waals surface area (Å²) in [5, 5.41) is 0. The fourth-order valence-corrected chi connectivity index (χ4v) is 1.26. The minimum atomic E-state index is -5.42. The van der Waals surface area contributed by atoms with Crippen LogP contribution in [0.4, 0.5) is 0 Å². The van der Waals surface area contributed by atoms with Gasteiger partial charge in [-0.25, -0.2) is 0 Å². The molecule has 6 nitrogen and oxygen atoms in total. The zero-order valence-electron chi connectivity index (χ0n) is 6.95. The van der Waals surface area contributed by atoms with Gasteiger partial charge in [0.15, 0.2) is 0 Å². The van der Waals surface area contributed by atoms with E-state index in [0.29, 0.717) is 5.69 Å². The van der Waals surface area contributed by atoms with Gasteiger partial charge >= 0.3 is 81.4 Å². The Morgan fingerprint density at radius 1 is 1.50 bits per heavy atom. The first-order valence-electron chi connectivity index (χ1n) is 3.57. The monoisotopic (exact) mass is 237 g/mol. The van der Waals surface area contributed by atoms with Gasteiger partial charge in [-0.3, -0.25) is 0 Å². The van der Waals surface area contributed by atoms with E-state index in [1.165, 1.54) is 6.20 Å². The van der Waals surface area contributed by atoms with E-state index in [1.54, 1.807) is 18.2 Å². The zero-order chi connectivity index (χ0) is 10.6. The minimum absolute atomic E-state index is 0.287. The Labute approximate surface area is 81.9 Å². The third-order valence-corrected chi connectivity index (χ3v) is 1.87. The Morgan fingerprint density at radius 2 is 2.21 bits per heavy atom. The summed E-state index contributed by atoms with van der Waals surface area (Å²) in [7, 11) is 0. The summed E-state index contributed by atoms with van der Waals surface area (Å²) in [5.41, 5.74) is 0.374. The van der Waals surface area contributed by atoms with E-state index < -0.39 is 19.6 Å². The zero-order valence-corrected chi connectivity index (χ0v) is 8.23. The van der Waals surface area contributed by atoms with Crippen LogP contribution in [0.2, 0.25) is 0 Å². The van der Waals surface area contributed by atoms with Crippen LogP contribution < -0.4 is 0 Å². The molecule has 7 heteroatoms. The van der Waals surface area contributed by atoms with Crippen LogP contribution in [0.3, 0.4) is 0 Å². The summed E-state index contributed by atoms with van der Waals surface area (Å²) < 4.78 is 32.4. The summed E-state index contributed by atoms with van der Waals surface area (Å²) >= 11 is -5.42. The van der Waals surface area contributed by atoms with Crippen LogP contribution in [0.1, 0.15) is 5.69 Å². The van der Waals surface area contributed by atoms with Crippen molar-refractivity contribution in [3.63, 3.8) is 0 Å². The third-order valence-electron chi connectivity index (χ3n) is 1.25. The molecule has 0 aliphatic heterocycles. The number of nitrogens with zero attached hydrogens (tertiary/aromatic N) is 1. The predicted molar refractivity (Wildman–Crippen MR) is 37.6 cm³/mol. The average molecular weight is 237 g/mol. The van der Waals surface area contributed by atoms with Crippen molar-refractivity contribution in [3.05, 3.63) is 30.1 Å². The third kappa shape index (κ3) is 4.09. The molecule has 1 aromatic rings. The summed E-state index contributed by atoms with van der Waals surface area (Å²) in [6.45, 7) is 0. The summed E-state index contributed by atoms with van der Waals surface area (Å²) in [4.78, 5) is 14.6. The molecule has 0 amide bonds. The second-order valence-corrected chi connectivity index (χ2v) is 3.98. The quantitative estimate of drug-likeness (QED) is 0.784. The van der Waals surface area contributed by atoms with Crippen molar-refractivity contribution in [3.8, 4) is 0 Å². The molecule has 14 heavy (non-hydrogen) atoms. The van der Waals surface area contributed by atoms with E-state index in [9.17, 15) is 12.4 Å². The number of pyridine rings is 1. The maximum atomic E-state index is 10.8. The second kappa shape index (κ2) is 4.28. The van der Waals surface area contributed by atoms with Gasteiger partial charge in [0.05, 0.1) is 0 Å². The Hall–Kier alpha value is -1.29. The normalized spacial score (nSPS) is 10.9. The molecule has 1 heterocycles. The van der Waals surface area contributed by atoms with Gasteiger partial charge in [-0.05, 0) is 0 Å². The van der Waals surface area contributed by atoms with E-state index in [-0.39, 0.29) is 6.42 Å². The number of hydrogen-bond donors (Lipinski definition) is 1. The van der Waals surface area contributed by atoms with E-state index in [4.69, 9.17) is 4.16 Å². The maximum absolute atomic E-state index is 10.8. The molecule has 1 rings (SSSR count). The van der Waals surface area contributed by atoms with Gasteiger partial charge in [0, 0.05) is 0 Å². The van der Waals surface area contributed by atoms with Gasteiger partial charge in [0.25, 0.3) is 0 Å². The van der Waals surface area contributed by atoms with Crippen LogP contribution in [0.5, 0.6) is 0 Å². The van der Waals surface area contributed by atoms with Crippen LogP contribution in [0, 0.1) is 0 Å². The molecule has 0 atom stereocenters. The second-order valence-electron chi connectivity index (χ2n) is 2.38. The molecule has 1 aromatic heterocycles. The molecule has 0 aliphatic rings. The number of rotatable bonds is 3. The van der Waals surface area contributed by atoms with Crippen LogP contribution in [0.15, 0.2) is 24.4 Å². The molecule has 0 aliphatic carbocycles. The van der Waals surface area contributed by atoms with Crippen molar-refractivity contribution in [2.45, 2.75) is 6.42 Å². The SMILES string of the molecule is O=C(Cc1ccccn1)[O][Cr](=[O])(=[O])[OH]. The number of carbonyl (C=O) groups is 1. The van der Waals surface area contributed by atoms with Gasteiger partial charge in [0.2, 0.25) is 0 Å². The Balaban J connectivity index is 2.59. The van der Waals surface area contributed by atoms with Gasteiger partial charge < -0.3 is 0 Å². The van der Waals surface area contributed by atoms with Gasteiger partial charge in [-0.2, -0.15) is 0 Å². The van der Waals surface area contributed by atoms with Crippen molar-refractivity contribution >= 4 is 5.97 Å². The molecule has 0 saturated carbocycles. The van der Waals surface area contributed by atoms with Crippen LogP contribution in [-0.2, 0) is 36.2 Å². The molecule has 0 bridgehead atoms. The van der Waals surface area contributed by atoms with Crippen LogP contribution >= 0.6 is 0 Å². The van der Waals surface area contributed by atoms with E-state index in [2.05, 4.69) is 8.77 Å². The molecule has 1 N–H and O–H groups in total. The fourth-order valence-electron chi connectivity index (χ4n) is 0.797. The topological polar surface area (TPSA) is 93.6 Å². The van der Waals surface area contributed by atoms with Gasteiger partial charge in [0.1, 0.15) is 0 Å². The molecule has 0 saturated heterocycles. The van der Waals surface area contributed by atoms with Crippen LogP contribution in [0.25, 0.3) is 0 Å². The Kier molecular flexibility index (Phi) is 3.30. The number of hydrogen-bond acceptors (Lipinski definition) is 5. The van der Waals surface area contributed by atoms with Crippen molar-refractivity contribution in [1.82, 2.24) is 4.98 Å². The standard InChI is InChI=1S/C7H7NO2.Cr.H2O.2O/c9-7(10)5-6-3-1-2-4-8-6;;;;/h1-4H,5H2,(H,9,10);;1H2;;/q;+2;;;/p-2.